The van der Waals surface area contributed by atoms with Crippen LogP contribution in [-0.2, 0) is 27.8 Å². The molecule has 0 saturated carbocycles. The summed E-state index contributed by atoms with van der Waals surface area (Å²) in [6.45, 7) is 4.44. The van der Waals surface area contributed by atoms with E-state index in [1.807, 2.05) is 6.92 Å². The molecule has 2 rings (SSSR count). The van der Waals surface area contributed by atoms with Crippen molar-refractivity contribution >= 4 is 27.3 Å². The van der Waals surface area contributed by atoms with E-state index in [1.54, 1.807) is 12.1 Å². The summed E-state index contributed by atoms with van der Waals surface area (Å²) in [6.07, 6.45) is 1.11. The lowest BCUT2D eigenvalue weighted by atomic mass is 10.0. The maximum absolute atomic E-state index is 12.0. The van der Waals surface area contributed by atoms with Crippen LogP contribution in [0.5, 0.6) is 0 Å². The summed E-state index contributed by atoms with van der Waals surface area (Å²) in [5, 5.41) is 2.84. The highest BCUT2D eigenvalue weighted by atomic mass is 32.2. The van der Waals surface area contributed by atoms with Crippen molar-refractivity contribution in [3.05, 3.63) is 51.9 Å². The Hall–Kier alpha value is -1.70. The smallest absolute Gasteiger partial charge is 0.249 e. The van der Waals surface area contributed by atoms with Crippen molar-refractivity contribution < 1.29 is 13.2 Å². The van der Waals surface area contributed by atoms with Crippen LogP contribution in [0.4, 0.5) is 0 Å². The molecular formula is C17H22N2O3S2. The van der Waals surface area contributed by atoms with Gasteiger partial charge in [-0.2, -0.15) is 0 Å². The maximum atomic E-state index is 12.0. The Morgan fingerprint density at radius 2 is 1.92 bits per heavy atom. The molecule has 1 aromatic carbocycles. The topological polar surface area (TPSA) is 75.3 Å². The van der Waals surface area contributed by atoms with Gasteiger partial charge in [0.25, 0.3) is 0 Å². The first kappa shape index (κ1) is 18.6. The van der Waals surface area contributed by atoms with E-state index in [1.165, 1.54) is 23.7 Å². The number of sulfonamides is 1. The van der Waals surface area contributed by atoms with Crippen LogP contribution >= 0.6 is 11.3 Å². The number of nitrogens with one attached hydrogen (secondary N) is 2. The van der Waals surface area contributed by atoms with Crippen LogP contribution < -0.4 is 10.0 Å². The van der Waals surface area contributed by atoms with Crippen LogP contribution in [0.3, 0.4) is 0 Å². The highest BCUT2D eigenvalue weighted by Crippen LogP contribution is 2.21. The number of aryl methyl sites for hydroxylation is 3. The van der Waals surface area contributed by atoms with Gasteiger partial charge in [-0.1, -0.05) is 23.8 Å². The van der Waals surface area contributed by atoms with Crippen LogP contribution in [-0.4, -0.2) is 21.4 Å². The van der Waals surface area contributed by atoms with Crippen molar-refractivity contribution in [1.29, 1.82) is 0 Å². The van der Waals surface area contributed by atoms with Crippen molar-refractivity contribution in [2.75, 3.05) is 7.05 Å². The summed E-state index contributed by atoms with van der Waals surface area (Å²) in [7, 11) is -2.04. The Morgan fingerprint density at radius 1 is 1.17 bits per heavy atom. The minimum atomic E-state index is -3.41. The van der Waals surface area contributed by atoms with E-state index in [2.05, 4.69) is 35.2 Å². The van der Waals surface area contributed by atoms with E-state index in [-0.39, 0.29) is 10.1 Å². The molecule has 0 saturated heterocycles. The molecule has 0 aliphatic heterocycles. The van der Waals surface area contributed by atoms with Gasteiger partial charge in [-0.05, 0) is 50.6 Å². The second kappa shape index (κ2) is 7.92. The van der Waals surface area contributed by atoms with Gasteiger partial charge in [-0.25, -0.2) is 13.1 Å². The zero-order valence-corrected chi connectivity index (χ0v) is 15.7. The number of hydrogen-bond acceptors (Lipinski definition) is 4. The zero-order chi connectivity index (χ0) is 17.7. The molecule has 0 radical (unpaired) electrons. The molecule has 0 unspecified atom stereocenters. The van der Waals surface area contributed by atoms with E-state index in [0.717, 1.165) is 16.2 Å². The molecule has 1 heterocycles. The van der Waals surface area contributed by atoms with Gasteiger partial charge in [0.15, 0.2) is 0 Å². The van der Waals surface area contributed by atoms with Gasteiger partial charge in [-0.15, -0.1) is 11.3 Å². The molecule has 130 valence electrons. The summed E-state index contributed by atoms with van der Waals surface area (Å²) in [4.78, 5) is 12.8. The average Bonchev–Trinajstić information content (AvgIpc) is 3.02. The molecule has 0 spiro atoms. The van der Waals surface area contributed by atoms with Crippen LogP contribution in [0.2, 0.25) is 0 Å². The molecule has 0 bridgehead atoms. The fourth-order valence-corrected chi connectivity index (χ4v) is 4.48. The molecule has 0 aliphatic carbocycles. The molecule has 0 atom stereocenters. The molecule has 5 nitrogen and oxygen atoms in total. The first-order chi connectivity index (χ1) is 11.3. The fraction of sp³-hybridized carbons (Fsp3) is 0.353. The monoisotopic (exact) mass is 366 g/mol. The Morgan fingerprint density at radius 3 is 2.58 bits per heavy atom. The van der Waals surface area contributed by atoms with Gasteiger partial charge in [0.05, 0.1) is 6.54 Å². The third kappa shape index (κ3) is 4.90. The van der Waals surface area contributed by atoms with Crippen molar-refractivity contribution in [1.82, 2.24) is 10.0 Å². The zero-order valence-electron chi connectivity index (χ0n) is 14.0. The third-order valence-corrected chi connectivity index (χ3v) is 6.74. The first-order valence-electron chi connectivity index (χ1n) is 7.67. The van der Waals surface area contributed by atoms with Crippen molar-refractivity contribution in [3.63, 3.8) is 0 Å². The largest absolute Gasteiger partial charge is 0.351 e. The number of amides is 1. The molecule has 1 aromatic heterocycles. The van der Waals surface area contributed by atoms with E-state index in [0.29, 0.717) is 19.4 Å². The van der Waals surface area contributed by atoms with E-state index >= 15 is 0 Å². The number of hydrogen-bond donors (Lipinski definition) is 2. The van der Waals surface area contributed by atoms with Gasteiger partial charge < -0.3 is 5.32 Å². The number of carbonyl (C=O) groups excluding carboxylic acids is 1. The summed E-state index contributed by atoms with van der Waals surface area (Å²) < 4.78 is 25.9. The lowest BCUT2D eigenvalue weighted by molar-refractivity contribution is -0.121. The lowest BCUT2D eigenvalue weighted by Gasteiger charge is -2.07. The van der Waals surface area contributed by atoms with Crippen LogP contribution in [0, 0.1) is 13.8 Å². The molecular weight excluding hydrogens is 344 g/mol. The number of benzene rings is 1. The minimum absolute atomic E-state index is 0.0404. The summed E-state index contributed by atoms with van der Waals surface area (Å²) in [5.74, 6) is -0.0404. The van der Waals surface area contributed by atoms with Gasteiger partial charge >= 0.3 is 0 Å². The molecule has 0 aliphatic rings. The Balaban J connectivity index is 1.85. The molecule has 2 aromatic rings. The van der Waals surface area contributed by atoms with Crippen LogP contribution in [0.1, 0.15) is 28.0 Å². The second-order valence-electron chi connectivity index (χ2n) is 5.63. The van der Waals surface area contributed by atoms with Crippen LogP contribution in [0.25, 0.3) is 0 Å². The third-order valence-electron chi connectivity index (χ3n) is 3.75. The van der Waals surface area contributed by atoms with E-state index < -0.39 is 10.0 Å². The average molecular weight is 367 g/mol. The molecule has 0 fully saturated rings. The van der Waals surface area contributed by atoms with Crippen molar-refractivity contribution in [2.24, 2.45) is 0 Å². The van der Waals surface area contributed by atoms with E-state index in [9.17, 15) is 13.2 Å². The quantitative estimate of drug-likeness (QED) is 0.791. The molecule has 7 heteroatoms. The molecule has 2 N–H and O–H groups in total. The van der Waals surface area contributed by atoms with Gasteiger partial charge in [0.2, 0.25) is 15.9 Å². The first-order valence-corrected chi connectivity index (χ1v) is 9.97. The Bertz CT molecular complexity index is 826. The Labute approximate surface area is 147 Å². The highest BCUT2D eigenvalue weighted by molar-refractivity contribution is 7.91. The number of thiophene rings is 1. The maximum Gasteiger partial charge on any atom is 0.249 e. The lowest BCUT2D eigenvalue weighted by Crippen LogP contribution is -2.22. The fourth-order valence-electron chi connectivity index (χ4n) is 2.35. The van der Waals surface area contributed by atoms with Gasteiger partial charge in [0.1, 0.15) is 4.21 Å². The Kier molecular flexibility index (Phi) is 6.15. The molecule has 24 heavy (non-hydrogen) atoms. The predicted octanol–water partition coefficient (Wildman–Crippen LogP) is 2.52. The number of rotatable bonds is 7. The minimum Gasteiger partial charge on any atom is -0.351 e. The summed E-state index contributed by atoms with van der Waals surface area (Å²) in [6, 6.07) is 9.50. The van der Waals surface area contributed by atoms with Gasteiger partial charge in [-0.3, -0.25) is 4.79 Å². The summed E-state index contributed by atoms with van der Waals surface area (Å²) in [5.41, 5.74) is 3.59. The van der Waals surface area contributed by atoms with Gasteiger partial charge in [0, 0.05) is 11.3 Å². The highest BCUT2D eigenvalue weighted by Gasteiger charge is 2.14. The predicted molar refractivity (Wildman–Crippen MR) is 96.6 cm³/mol. The standard InChI is InChI=1S/C17H22N2O3S2/c1-12-4-5-14(13(2)10-12)6-8-16(20)19-11-15-7-9-17(23-15)24(21,22)18-3/h4-5,7,9-10,18H,6,8,11H2,1-3H3,(H,19,20). The van der Waals surface area contributed by atoms with E-state index in [4.69, 9.17) is 0 Å². The van der Waals surface area contributed by atoms with Crippen molar-refractivity contribution in [2.45, 2.75) is 37.4 Å². The van der Waals surface area contributed by atoms with Crippen molar-refractivity contribution in [3.8, 4) is 0 Å². The number of carbonyl (C=O) groups is 1. The SMILES string of the molecule is CNS(=O)(=O)c1ccc(CNC(=O)CCc2ccc(C)cc2C)s1. The van der Waals surface area contributed by atoms with Crippen LogP contribution in [0.15, 0.2) is 34.5 Å². The normalized spacial score (nSPS) is 11.5. The molecule has 1 amide bonds. The summed E-state index contributed by atoms with van der Waals surface area (Å²) >= 11 is 1.16. The second-order valence-corrected chi connectivity index (χ2v) is 8.92.